The number of nitrogens with zero attached hydrogens (tertiary/aromatic N) is 3. The summed E-state index contributed by atoms with van der Waals surface area (Å²) in [5.41, 5.74) is 0.592. The van der Waals surface area contributed by atoms with Gasteiger partial charge in [-0.15, -0.1) is 12.4 Å². The van der Waals surface area contributed by atoms with Crippen molar-refractivity contribution in [1.29, 1.82) is 0 Å². The molecule has 9 heteroatoms. The third kappa shape index (κ3) is 4.11. The van der Waals surface area contributed by atoms with E-state index in [1.54, 1.807) is 0 Å². The normalized spacial score (nSPS) is 13.6. The van der Waals surface area contributed by atoms with Crippen molar-refractivity contribution >= 4 is 29.9 Å². The number of amides is 1. The number of carbonyl (C=O) groups excluding carboxylic acids is 1. The Labute approximate surface area is 176 Å². The lowest BCUT2D eigenvalue weighted by atomic mass is 10.1. The van der Waals surface area contributed by atoms with Gasteiger partial charge in [0.05, 0.1) is 28.4 Å². The van der Waals surface area contributed by atoms with Crippen LogP contribution in [0, 0.1) is 0 Å². The first kappa shape index (κ1) is 21.2. The molecule has 0 N–H and O–H groups in total. The van der Waals surface area contributed by atoms with Crippen molar-refractivity contribution in [2.75, 3.05) is 6.54 Å². The Morgan fingerprint density at radius 1 is 1.03 bits per heavy atom. The number of alkyl halides is 3. The van der Waals surface area contributed by atoms with Crippen LogP contribution in [-0.4, -0.2) is 26.9 Å². The van der Waals surface area contributed by atoms with E-state index in [1.807, 2.05) is 41.1 Å². The second-order valence-corrected chi connectivity index (χ2v) is 6.87. The van der Waals surface area contributed by atoms with Gasteiger partial charge in [0.2, 0.25) is 0 Å². The van der Waals surface area contributed by atoms with Crippen LogP contribution in [0.1, 0.15) is 21.7 Å². The van der Waals surface area contributed by atoms with Gasteiger partial charge in [-0.05, 0) is 12.1 Å². The molecule has 0 fully saturated rings. The molecule has 1 amide bonds. The standard InChI is InChI=1S/C20H15ClF3N3O.ClH/c21-18-14(7-4-8-15(18)20(22,23)24)19(28)27-10-9-26-11-16(25-17(26)12-27)13-5-2-1-3-6-13;/h1-8,11H,9-10,12H2;1H. The minimum atomic E-state index is -4.61. The van der Waals surface area contributed by atoms with Gasteiger partial charge in [-0.2, -0.15) is 13.2 Å². The monoisotopic (exact) mass is 441 g/mol. The van der Waals surface area contributed by atoms with E-state index in [0.29, 0.717) is 18.9 Å². The number of aromatic nitrogens is 2. The zero-order valence-corrected chi connectivity index (χ0v) is 16.6. The highest BCUT2D eigenvalue weighted by Gasteiger charge is 2.35. The number of benzene rings is 2. The van der Waals surface area contributed by atoms with E-state index >= 15 is 0 Å². The predicted molar refractivity (Wildman–Crippen MR) is 106 cm³/mol. The molecule has 2 aromatic carbocycles. The van der Waals surface area contributed by atoms with Gasteiger partial charge in [-0.25, -0.2) is 4.98 Å². The number of carbonyl (C=O) groups is 1. The maximum atomic E-state index is 13.1. The van der Waals surface area contributed by atoms with E-state index in [0.717, 1.165) is 17.3 Å². The van der Waals surface area contributed by atoms with E-state index in [4.69, 9.17) is 11.6 Å². The van der Waals surface area contributed by atoms with Gasteiger partial charge in [0, 0.05) is 24.8 Å². The van der Waals surface area contributed by atoms with Crippen LogP contribution in [0.3, 0.4) is 0 Å². The molecule has 0 saturated heterocycles. The van der Waals surface area contributed by atoms with Crippen molar-refractivity contribution in [2.45, 2.75) is 19.3 Å². The third-order valence-corrected chi connectivity index (χ3v) is 5.10. The average Bonchev–Trinajstić information content (AvgIpc) is 3.11. The third-order valence-electron chi connectivity index (χ3n) is 4.69. The molecule has 1 aliphatic rings. The number of rotatable bonds is 2. The summed E-state index contributed by atoms with van der Waals surface area (Å²) >= 11 is 5.90. The summed E-state index contributed by atoms with van der Waals surface area (Å²) < 4.78 is 41.2. The van der Waals surface area contributed by atoms with Crippen LogP contribution in [0.25, 0.3) is 11.3 Å². The van der Waals surface area contributed by atoms with Gasteiger partial charge in [0.15, 0.2) is 0 Å². The summed E-state index contributed by atoms with van der Waals surface area (Å²) in [5.74, 6) is 0.146. The van der Waals surface area contributed by atoms with Crippen molar-refractivity contribution < 1.29 is 18.0 Å². The molecule has 0 atom stereocenters. The fourth-order valence-electron chi connectivity index (χ4n) is 3.26. The number of imidazole rings is 1. The zero-order valence-electron chi connectivity index (χ0n) is 15.0. The molecular weight excluding hydrogens is 426 g/mol. The molecule has 152 valence electrons. The van der Waals surface area contributed by atoms with Gasteiger partial charge in [-0.1, -0.05) is 48.0 Å². The molecule has 0 bridgehead atoms. The molecule has 0 spiro atoms. The largest absolute Gasteiger partial charge is 0.417 e. The lowest BCUT2D eigenvalue weighted by Gasteiger charge is -2.28. The molecule has 0 unspecified atom stereocenters. The van der Waals surface area contributed by atoms with E-state index < -0.39 is 22.7 Å². The SMILES string of the molecule is Cl.O=C(c1cccc(C(F)(F)F)c1Cl)N1CCn2cc(-c3ccccc3)nc2C1. The highest BCUT2D eigenvalue weighted by atomic mass is 35.5. The first-order chi connectivity index (χ1) is 13.3. The van der Waals surface area contributed by atoms with Gasteiger partial charge < -0.3 is 9.47 Å². The van der Waals surface area contributed by atoms with Crippen molar-refractivity contribution in [2.24, 2.45) is 0 Å². The van der Waals surface area contributed by atoms with Gasteiger partial charge in [0.25, 0.3) is 5.91 Å². The van der Waals surface area contributed by atoms with Crippen LogP contribution in [0.5, 0.6) is 0 Å². The Hall–Kier alpha value is -2.51. The summed E-state index contributed by atoms with van der Waals surface area (Å²) in [4.78, 5) is 18.9. The molecule has 0 saturated carbocycles. The number of hydrogen-bond donors (Lipinski definition) is 0. The van der Waals surface area contributed by atoms with Crippen molar-refractivity contribution in [3.05, 3.63) is 76.7 Å². The Bertz CT molecular complexity index is 1040. The lowest BCUT2D eigenvalue weighted by molar-refractivity contribution is -0.137. The van der Waals surface area contributed by atoms with Gasteiger partial charge >= 0.3 is 6.18 Å². The molecule has 3 aromatic rings. The second-order valence-electron chi connectivity index (χ2n) is 6.49. The minimum absolute atomic E-state index is 0. The first-order valence-corrected chi connectivity index (χ1v) is 8.99. The van der Waals surface area contributed by atoms with Crippen LogP contribution < -0.4 is 0 Å². The van der Waals surface area contributed by atoms with Gasteiger partial charge in [0.1, 0.15) is 5.82 Å². The number of halogens is 5. The maximum absolute atomic E-state index is 13.1. The second kappa shape index (κ2) is 8.08. The predicted octanol–water partition coefficient (Wildman–Crippen LogP) is 5.30. The van der Waals surface area contributed by atoms with Crippen LogP contribution in [0.2, 0.25) is 5.02 Å². The topological polar surface area (TPSA) is 38.1 Å². The molecule has 29 heavy (non-hydrogen) atoms. The summed E-state index contributed by atoms with van der Waals surface area (Å²) in [7, 11) is 0. The fraction of sp³-hybridized carbons (Fsp3) is 0.200. The quantitative estimate of drug-likeness (QED) is 0.540. The van der Waals surface area contributed by atoms with Crippen LogP contribution in [0.15, 0.2) is 54.7 Å². The summed E-state index contributed by atoms with van der Waals surface area (Å²) in [5, 5.41) is -0.570. The summed E-state index contributed by atoms with van der Waals surface area (Å²) in [6.07, 6.45) is -2.69. The Morgan fingerprint density at radius 2 is 1.76 bits per heavy atom. The maximum Gasteiger partial charge on any atom is 0.417 e. The van der Waals surface area contributed by atoms with Gasteiger partial charge in [-0.3, -0.25) is 4.79 Å². The van der Waals surface area contributed by atoms with E-state index in [2.05, 4.69) is 4.98 Å². The highest BCUT2D eigenvalue weighted by molar-refractivity contribution is 6.34. The molecule has 0 radical (unpaired) electrons. The highest BCUT2D eigenvalue weighted by Crippen LogP contribution is 2.36. The lowest BCUT2D eigenvalue weighted by Crippen LogP contribution is -2.38. The van der Waals surface area contributed by atoms with Crippen molar-refractivity contribution in [1.82, 2.24) is 14.5 Å². The van der Waals surface area contributed by atoms with Crippen molar-refractivity contribution in [3.8, 4) is 11.3 Å². The van der Waals surface area contributed by atoms with Crippen molar-refractivity contribution in [3.63, 3.8) is 0 Å². The van der Waals surface area contributed by atoms with E-state index in [1.165, 1.54) is 17.0 Å². The van der Waals surface area contributed by atoms with E-state index in [9.17, 15) is 18.0 Å². The molecule has 4 nitrogen and oxygen atoms in total. The van der Waals surface area contributed by atoms with E-state index in [-0.39, 0.29) is 24.5 Å². The van der Waals surface area contributed by atoms with Crippen LogP contribution in [-0.2, 0) is 19.3 Å². The molecule has 2 heterocycles. The Balaban J connectivity index is 0.00000240. The number of hydrogen-bond acceptors (Lipinski definition) is 2. The summed E-state index contributed by atoms with van der Waals surface area (Å²) in [6, 6.07) is 13.0. The fourth-order valence-corrected chi connectivity index (χ4v) is 3.57. The Kier molecular flexibility index (Phi) is 5.91. The van der Waals surface area contributed by atoms with Crippen LogP contribution in [0.4, 0.5) is 13.2 Å². The number of fused-ring (bicyclic) bond motifs is 1. The first-order valence-electron chi connectivity index (χ1n) is 8.61. The molecule has 1 aromatic heterocycles. The summed E-state index contributed by atoms with van der Waals surface area (Å²) in [6.45, 7) is 1.08. The zero-order chi connectivity index (χ0) is 19.9. The average molecular weight is 442 g/mol. The smallest absolute Gasteiger partial charge is 0.331 e. The molecule has 0 aliphatic carbocycles. The molecular formula is C20H16Cl2F3N3O. The molecule has 4 rings (SSSR count). The van der Waals surface area contributed by atoms with Crippen LogP contribution >= 0.6 is 24.0 Å². The minimum Gasteiger partial charge on any atom is -0.331 e. The molecule has 1 aliphatic heterocycles. The Morgan fingerprint density at radius 3 is 2.45 bits per heavy atom.